The van der Waals surface area contributed by atoms with Gasteiger partial charge in [0.15, 0.2) is 0 Å². The first kappa shape index (κ1) is 9.99. The van der Waals surface area contributed by atoms with Crippen molar-refractivity contribution in [2.75, 3.05) is 5.75 Å². The van der Waals surface area contributed by atoms with Crippen LogP contribution in [0.4, 0.5) is 0 Å². The van der Waals surface area contributed by atoms with Gasteiger partial charge in [-0.15, -0.1) is 0 Å². The van der Waals surface area contributed by atoms with Crippen LogP contribution in [0.1, 0.15) is 12.0 Å². The van der Waals surface area contributed by atoms with E-state index in [-0.39, 0.29) is 11.5 Å². The molecule has 0 heterocycles. The van der Waals surface area contributed by atoms with E-state index < -0.39 is 0 Å². The van der Waals surface area contributed by atoms with Crippen LogP contribution < -0.4 is 0 Å². The highest BCUT2D eigenvalue weighted by Crippen LogP contribution is 2.27. The summed E-state index contributed by atoms with van der Waals surface area (Å²) in [7, 11) is 0. The zero-order valence-electron chi connectivity index (χ0n) is 7.14. The average Bonchev–Trinajstić information content (AvgIpc) is 2.10. The molecule has 3 heteroatoms. The zero-order valence-corrected chi connectivity index (χ0v) is 8.04. The van der Waals surface area contributed by atoms with Crippen LogP contribution in [-0.4, -0.2) is 16.0 Å². The van der Waals surface area contributed by atoms with Gasteiger partial charge in [0.25, 0.3) is 0 Å². The van der Waals surface area contributed by atoms with Crippen LogP contribution >= 0.6 is 12.6 Å². The first-order valence-corrected chi connectivity index (χ1v) is 4.67. The Morgan fingerprint density at radius 3 is 2.38 bits per heavy atom. The molecule has 0 spiro atoms. The molecule has 0 saturated carbocycles. The van der Waals surface area contributed by atoms with Gasteiger partial charge in [-0.1, -0.05) is 18.2 Å². The minimum Gasteiger partial charge on any atom is -0.507 e. The van der Waals surface area contributed by atoms with Gasteiger partial charge in [0, 0.05) is 0 Å². The lowest BCUT2D eigenvalue weighted by Crippen LogP contribution is -1.76. The van der Waals surface area contributed by atoms with Crippen molar-refractivity contribution >= 4 is 18.7 Å². The van der Waals surface area contributed by atoms with Gasteiger partial charge in [0.2, 0.25) is 0 Å². The Kier molecular flexibility index (Phi) is 3.71. The lowest BCUT2D eigenvalue weighted by Gasteiger charge is -2.00. The molecule has 1 rings (SSSR count). The van der Waals surface area contributed by atoms with E-state index in [9.17, 15) is 10.2 Å². The maximum Gasteiger partial charge on any atom is 0.126 e. The van der Waals surface area contributed by atoms with Crippen molar-refractivity contribution in [1.82, 2.24) is 0 Å². The van der Waals surface area contributed by atoms with E-state index in [1.165, 1.54) is 0 Å². The van der Waals surface area contributed by atoms with Gasteiger partial charge in [-0.3, -0.25) is 0 Å². The molecule has 0 bridgehead atoms. The maximum absolute atomic E-state index is 9.36. The second-order valence-corrected chi connectivity index (χ2v) is 3.07. The van der Waals surface area contributed by atoms with E-state index in [4.69, 9.17) is 0 Å². The third-order valence-electron chi connectivity index (χ3n) is 1.64. The monoisotopic (exact) mass is 196 g/mol. The van der Waals surface area contributed by atoms with Gasteiger partial charge in [0.05, 0.1) is 5.56 Å². The highest BCUT2D eigenvalue weighted by Gasteiger charge is 2.01. The number of hydrogen-bond acceptors (Lipinski definition) is 3. The fourth-order valence-electron chi connectivity index (χ4n) is 0.988. The van der Waals surface area contributed by atoms with E-state index in [1.807, 2.05) is 6.08 Å². The molecule has 0 radical (unpaired) electrons. The first-order valence-electron chi connectivity index (χ1n) is 4.04. The van der Waals surface area contributed by atoms with Gasteiger partial charge in [-0.2, -0.15) is 12.6 Å². The molecule has 0 fully saturated rings. The lowest BCUT2D eigenvalue weighted by atomic mass is 10.1. The van der Waals surface area contributed by atoms with Crippen molar-refractivity contribution in [1.29, 1.82) is 0 Å². The van der Waals surface area contributed by atoms with E-state index in [0.29, 0.717) is 5.56 Å². The number of aromatic hydroxyl groups is 2. The van der Waals surface area contributed by atoms with Gasteiger partial charge >= 0.3 is 0 Å². The van der Waals surface area contributed by atoms with E-state index in [2.05, 4.69) is 12.6 Å². The quantitative estimate of drug-likeness (QED) is 0.650. The van der Waals surface area contributed by atoms with Crippen LogP contribution in [0.15, 0.2) is 24.3 Å². The predicted octanol–water partition coefficient (Wildman–Crippen LogP) is 2.43. The van der Waals surface area contributed by atoms with Gasteiger partial charge < -0.3 is 10.2 Å². The van der Waals surface area contributed by atoms with Crippen LogP contribution in [-0.2, 0) is 0 Å². The second kappa shape index (κ2) is 4.82. The number of hydrogen-bond donors (Lipinski definition) is 3. The molecule has 0 amide bonds. The molecule has 0 saturated heterocycles. The van der Waals surface area contributed by atoms with Crippen molar-refractivity contribution in [3.05, 3.63) is 29.8 Å². The third kappa shape index (κ3) is 2.70. The molecule has 0 aliphatic heterocycles. The topological polar surface area (TPSA) is 40.5 Å². The Bertz CT molecular complexity index is 288. The van der Waals surface area contributed by atoms with E-state index in [0.717, 1.165) is 12.2 Å². The van der Waals surface area contributed by atoms with Crippen LogP contribution in [0.5, 0.6) is 11.5 Å². The Balaban J connectivity index is 2.87. The summed E-state index contributed by atoms with van der Waals surface area (Å²) in [6.07, 6.45) is 4.37. The summed E-state index contributed by atoms with van der Waals surface area (Å²) in [5.41, 5.74) is 0.462. The third-order valence-corrected chi connectivity index (χ3v) is 1.90. The molecule has 70 valence electrons. The summed E-state index contributed by atoms with van der Waals surface area (Å²) in [6, 6.07) is 4.68. The SMILES string of the molecule is Oc1cccc(O)c1C=CCCS. The molecular formula is C10H12O2S. The normalized spacial score (nSPS) is 10.8. The number of benzene rings is 1. The molecule has 0 aliphatic rings. The molecular weight excluding hydrogens is 184 g/mol. The number of allylic oxidation sites excluding steroid dienone is 1. The van der Waals surface area contributed by atoms with Gasteiger partial charge in [0.1, 0.15) is 11.5 Å². The fraction of sp³-hybridized carbons (Fsp3) is 0.200. The van der Waals surface area contributed by atoms with E-state index >= 15 is 0 Å². The minimum atomic E-state index is 0.0930. The number of thiol groups is 1. The molecule has 0 aliphatic carbocycles. The summed E-state index contributed by atoms with van der Waals surface area (Å²) >= 11 is 4.04. The van der Waals surface area contributed by atoms with Crippen molar-refractivity contribution in [3.63, 3.8) is 0 Å². The standard InChI is InChI=1S/C10H12O2S/c11-9-5-3-6-10(12)8(9)4-1-2-7-13/h1,3-6,11-13H,2,7H2. The Hall–Kier alpha value is -1.09. The highest BCUT2D eigenvalue weighted by atomic mass is 32.1. The lowest BCUT2D eigenvalue weighted by molar-refractivity contribution is 0.448. The largest absolute Gasteiger partial charge is 0.507 e. The van der Waals surface area contributed by atoms with Crippen LogP contribution in [0, 0.1) is 0 Å². The van der Waals surface area contributed by atoms with Crippen LogP contribution in [0.25, 0.3) is 6.08 Å². The Labute approximate surface area is 82.9 Å². The molecule has 1 aromatic carbocycles. The first-order chi connectivity index (χ1) is 6.25. The Morgan fingerprint density at radius 2 is 1.85 bits per heavy atom. The summed E-state index contributed by atoms with van der Waals surface area (Å²) in [6.45, 7) is 0. The highest BCUT2D eigenvalue weighted by molar-refractivity contribution is 7.80. The minimum absolute atomic E-state index is 0.0930. The number of phenolic OH excluding ortho intramolecular Hbond substituents is 2. The molecule has 0 unspecified atom stereocenters. The van der Waals surface area contributed by atoms with Crippen LogP contribution in [0.2, 0.25) is 0 Å². The summed E-state index contributed by atoms with van der Waals surface area (Å²) < 4.78 is 0. The number of rotatable bonds is 3. The molecule has 2 N–H and O–H groups in total. The fourth-order valence-corrected chi connectivity index (χ4v) is 1.14. The van der Waals surface area contributed by atoms with Gasteiger partial charge in [-0.05, 0) is 24.3 Å². The second-order valence-electron chi connectivity index (χ2n) is 2.62. The molecule has 0 aromatic heterocycles. The average molecular weight is 196 g/mol. The van der Waals surface area contributed by atoms with E-state index in [1.54, 1.807) is 24.3 Å². The van der Waals surface area contributed by atoms with Crippen LogP contribution in [0.3, 0.4) is 0 Å². The Morgan fingerprint density at radius 1 is 1.23 bits per heavy atom. The van der Waals surface area contributed by atoms with Crippen molar-refractivity contribution in [3.8, 4) is 11.5 Å². The summed E-state index contributed by atoms with van der Waals surface area (Å²) in [4.78, 5) is 0. The predicted molar refractivity (Wildman–Crippen MR) is 57.3 cm³/mol. The summed E-state index contributed by atoms with van der Waals surface area (Å²) in [5, 5.41) is 18.7. The van der Waals surface area contributed by atoms with Crippen molar-refractivity contribution in [2.45, 2.75) is 6.42 Å². The smallest absolute Gasteiger partial charge is 0.126 e. The number of phenols is 2. The van der Waals surface area contributed by atoms with Gasteiger partial charge in [-0.25, -0.2) is 0 Å². The molecule has 1 aromatic rings. The molecule has 0 atom stereocenters. The van der Waals surface area contributed by atoms with Crippen molar-refractivity contribution in [2.24, 2.45) is 0 Å². The maximum atomic E-state index is 9.36. The van der Waals surface area contributed by atoms with Crippen molar-refractivity contribution < 1.29 is 10.2 Å². The zero-order chi connectivity index (χ0) is 9.68. The molecule has 13 heavy (non-hydrogen) atoms. The summed E-state index contributed by atoms with van der Waals surface area (Å²) in [5.74, 6) is 0.941. The molecule has 2 nitrogen and oxygen atoms in total.